The molecule has 0 spiro atoms. The summed E-state index contributed by atoms with van der Waals surface area (Å²) in [5, 5.41) is 7.20. The van der Waals surface area contributed by atoms with E-state index in [0.29, 0.717) is 28.7 Å². The Hall–Kier alpha value is -3.03. The van der Waals surface area contributed by atoms with Crippen LogP contribution in [-0.4, -0.2) is 22.7 Å². The summed E-state index contributed by atoms with van der Waals surface area (Å²) in [5.41, 5.74) is 3.18. The first kappa shape index (κ1) is 20.3. The third-order valence-electron chi connectivity index (χ3n) is 4.64. The van der Waals surface area contributed by atoms with Gasteiger partial charge in [0.05, 0.1) is 29.0 Å². The number of aromatic nitrogens is 2. The first-order chi connectivity index (χ1) is 14.5. The molecule has 0 bridgehead atoms. The number of anilines is 2. The van der Waals surface area contributed by atoms with Gasteiger partial charge in [0.2, 0.25) is 0 Å². The van der Waals surface area contributed by atoms with Gasteiger partial charge in [-0.2, -0.15) is 0 Å². The highest BCUT2D eigenvalue weighted by atomic mass is 79.9. The number of amides is 2. The fourth-order valence-electron chi connectivity index (χ4n) is 3.26. The molecule has 0 unspecified atom stereocenters. The summed E-state index contributed by atoms with van der Waals surface area (Å²) in [4.78, 5) is 16.7. The number of nitrogens with one attached hydrogen (secondary N) is 2. The number of fused-ring (bicyclic) bond motifs is 1. The summed E-state index contributed by atoms with van der Waals surface area (Å²) in [6, 6.07) is 14.5. The number of urea groups is 1. The lowest BCUT2D eigenvalue weighted by Gasteiger charge is -2.13. The standard InChI is InChI=1S/C22H18BrClN4O2/c1-30-20-5-2-15(23)12-19(20)27-22(29)26-18-4-3-17(24)21-16(18)8-11-28(21)13-14-6-9-25-10-7-14/h2-12H,13H2,1H3,(H2,26,27,29). The van der Waals surface area contributed by atoms with Crippen LogP contribution >= 0.6 is 27.5 Å². The molecular weight excluding hydrogens is 468 g/mol. The largest absolute Gasteiger partial charge is 0.495 e. The molecular formula is C22H18BrClN4O2. The van der Waals surface area contributed by atoms with E-state index < -0.39 is 0 Å². The van der Waals surface area contributed by atoms with E-state index in [1.54, 1.807) is 43.8 Å². The maximum Gasteiger partial charge on any atom is 0.323 e. The molecule has 0 atom stereocenters. The van der Waals surface area contributed by atoms with Crippen LogP contribution in [0.5, 0.6) is 5.75 Å². The van der Waals surface area contributed by atoms with Gasteiger partial charge in [-0.05, 0) is 54.1 Å². The van der Waals surface area contributed by atoms with Crippen molar-refractivity contribution in [2.75, 3.05) is 17.7 Å². The van der Waals surface area contributed by atoms with Gasteiger partial charge in [-0.1, -0.05) is 27.5 Å². The number of halogens is 2. The van der Waals surface area contributed by atoms with Gasteiger partial charge in [0, 0.05) is 35.0 Å². The van der Waals surface area contributed by atoms with Crippen molar-refractivity contribution in [3.63, 3.8) is 0 Å². The first-order valence-corrected chi connectivity index (χ1v) is 10.3. The lowest BCUT2D eigenvalue weighted by molar-refractivity contribution is 0.262. The Bertz CT molecular complexity index is 1210. The molecule has 30 heavy (non-hydrogen) atoms. The Morgan fingerprint density at radius 1 is 1.10 bits per heavy atom. The smallest absolute Gasteiger partial charge is 0.323 e. The van der Waals surface area contributed by atoms with Gasteiger partial charge in [-0.3, -0.25) is 4.98 Å². The van der Waals surface area contributed by atoms with Gasteiger partial charge in [0.15, 0.2) is 0 Å². The number of hydrogen-bond donors (Lipinski definition) is 2. The number of methoxy groups -OCH3 is 1. The number of pyridine rings is 1. The van der Waals surface area contributed by atoms with Crippen molar-refractivity contribution in [1.82, 2.24) is 9.55 Å². The minimum absolute atomic E-state index is 0.378. The van der Waals surface area contributed by atoms with Crippen molar-refractivity contribution in [2.45, 2.75) is 6.54 Å². The molecule has 2 amide bonds. The van der Waals surface area contributed by atoms with Crippen LogP contribution in [-0.2, 0) is 6.54 Å². The molecule has 8 heteroatoms. The van der Waals surface area contributed by atoms with Crippen LogP contribution in [0.3, 0.4) is 0 Å². The number of hydrogen-bond acceptors (Lipinski definition) is 3. The Morgan fingerprint density at radius 2 is 1.87 bits per heavy atom. The summed E-state index contributed by atoms with van der Waals surface area (Å²) < 4.78 is 8.19. The molecule has 0 aliphatic carbocycles. The molecule has 6 nitrogen and oxygen atoms in total. The lowest BCUT2D eigenvalue weighted by Crippen LogP contribution is -2.20. The molecule has 2 aromatic carbocycles. The second-order valence-electron chi connectivity index (χ2n) is 6.58. The Morgan fingerprint density at radius 3 is 2.63 bits per heavy atom. The van der Waals surface area contributed by atoms with Crippen LogP contribution in [0.2, 0.25) is 5.02 Å². The SMILES string of the molecule is COc1ccc(Br)cc1NC(=O)Nc1ccc(Cl)c2c1ccn2Cc1ccncc1. The molecule has 0 fully saturated rings. The topological polar surface area (TPSA) is 68.2 Å². The summed E-state index contributed by atoms with van der Waals surface area (Å²) >= 11 is 9.89. The minimum Gasteiger partial charge on any atom is -0.495 e. The molecule has 2 aromatic heterocycles. The zero-order valence-electron chi connectivity index (χ0n) is 16.0. The van der Waals surface area contributed by atoms with E-state index in [1.807, 2.05) is 35.0 Å². The quantitative estimate of drug-likeness (QED) is 0.356. The maximum atomic E-state index is 12.6. The fraction of sp³-hybridized carbons (Fsp3) is 0.0909. The normalized spacial score (nSPS) is 10.8. The zero-order valence-corrected chi connectivity index (χ0v) is 18.4. The molecule has 2 heterocycles. The van der Waals surface area contributed by atoms with Crippen LogP contribution < -0.4 is 15.4 Å². The van der Waals surface area contributed by atoms with E-state index in [1.165, 1.54) is 0 Å². The molecule has 0 radical (unpaired) electrons. The lowest BCUT2D eigenvalue weighted by atomic mass is 10.2. The van der Waals surface area contributed by atoms with Crippen molar-refractivity contribution in [3.05, 3.63) is 82.2 Å². The van der Waals surface area contributed by atoms with Crippen LogP contribution in [0.4, 0.5) is 16.2 Å². The van der Waals surface area contributed by atoms with Crippen molar-refractivity contribution in [2.24, 2.45) is 0 Å². The van der Waals surface area contributed by atoms with Crippen molar-refractivity contribution in [3.8, 4) is 5.75 Å². The summed E-state index contributed by atoms with van der Waals surface area (Å²) in [6.45, 7) is 0.649. The van der Waals surface area contributed by atoms with Gasteiger partial charge in [-0.25, -0.2) is 4.79 Å². The Kier molecular flexibility index (Phi) is 5.92. The van der Waals surface area contributed by atoms with E-state index in [9.17, 15) is 4.79 Å². The third-order valence-corrected chi connectivity index (χ3v) is 5.43. The van der Waals surface area contributed by atoms with Crippen LogP contribution in [0.1, 0.15) is 5.56 Å². The fourth-order valence-corrected chi connectivity index (χ4v) is 3.89. The number of carbonyl (C=O) groups excluding carboxylic acids is 1. The molecule has 0 saturated heterocycles. The Labute approximate surface area is 187 Å². The molecule has 0 aliphatic heterocycles. The zero-order chi connectivity index (χ0) is 21.1. The highest BCUT2D eigenvalue weighted by Crippen LogP contribution is 2.32. The number of rotatable bonds is 5. The van der Waals surface area contributed by atoms with Crippen molar-refractivity contribution in [1.29, 1.82) is 0 Å². The van der Waals surface area contributed by atoms with Gasteiger partial charge in [0.25, 0.3) is 0 Å². The van der Waals surface area contributed by atoms with Gasteiger partial charge < -0.3 is 19.9 Å². The first-order valence-electron chi connectivity index (χ1n) is 9.13. The van der Waals surface area contributed by atoms with Crippen LogP contribution in [0.15, 0.2) is 71.6 Å². The van der Waals surface area contributed by atoms with Crippen LogP contribution in [0, 0.1) is 0 Å². The molecule has 4 aromatic rings. The third kappa shape index (κ3) is 4.27. The summed E-state index contributed by atoms with van der Waals surface area (Å²) in [7, 11) is 1.56. The maximum absolute atomic E-state index is 12.6. The second kappa shape index (κ2) is 8.77. The van der Waals surface area contributed by atoms with E-state index >= 15 is 0 Å². The van der Waals surface area contributed by atoms with Crippen molar-refractivity contribution >= 4 is 55.8 Å². The van der Waals surface area contributed by atoms with Gasteiger partial charge in [-0.15, -0.1) is 0 Å². The number of carbonyl (C=O) groups is 1. The minimum atomic E-state index is -0.378. The van der Waals surface area contributed by atoms with E-state index in [0.717, 1.165) is 20.9 Å². The molecule has 4 rings (SSSR count). The van der Waals surface area contributed by atoms with Gasteiger partial charge in [0.1, 0.15) is 5.75 Å². The van der Waals surface area contributed by atoms with Crippen molar-refractivity contribution < 1.29 is 9.53 Å². The molecule has 0 saturated carbocycles. The number of benzene rings is 2. The van der Waals surface area contributed by atoms with Crippen LogP contribution in [0.25, 0.3) is 10.9 Å². The average molecular weight is 486 g/mol. The monoisotopic (exact) mass is 484 g/mol. The average Bonchev–Trinajstić information content (AvgIpc) is 3.16. The van der Waals surface area contributed by atoms with E-state index in [4.69, 9.17) is 16.3 Å². The van der Waals surface area contributed by atoms with E-state index in [-0.39, 0.29) is 6.03 Å². The Balaban J connectivity index is 1.60. The second-order valence-corrected chi connectivity index (χ2v) is 7.90. The summed E-state index contributed by atoms with van der Waals surface area (Å²) in [6.07, 6.45) is 5.48. The molecule has 2 N–H and O–H groups in total. The van der Waals surface area contributed by atoms with E-state index in [2.05, 4.69) is 31.5 Å². The number of nitrogens with zero attached hydrogens (tertiary/aromatic N) is 2. The summed E-state index contributed by atoms with van der Waals surface area (Å²) in [5.74, 6) is 0.568. The predicted molar refractivity (Wildman–Crippen MR) is 124 cm³/mol. The van der Waals surface area contributed by atoms with Gasteiger partial charge >= 0.3 is 6.03 Å². The molecule has 152 valence electrons. The highest BCUT2D eigenvalue weighted by molar-refractivity contribution is 9.10. The number of ether oxygens (including phenoxy) is 1. The highest BCUT2D eigenvalue weighted by Gasteiger charge is 2.14. The molecule has 0 aliphatic rings. The predicted octanol–water partition coefficient (Wildman–Crippen LogP) is 6.15.